The second-order valence-electron chi connectivity index (χ2n) is 9.98. The number of piperidine rings is 1. The van der Waals surface area contributed by atoms with E-state index in [4.69, 9.17) is 4.42 Å². The minimum atomic E-state index is -0.228. The number of carbonyl (C=O) groups excluding carboxylic acids is 3. The molecule has 3 heterocycles. The van der Waals surface area contributed by atoms with Crippen molar-refractivity contribution < 1.29 is 18.8 Å². The number of hydrogen-bond donors (Lipinski definition) is 1. The maximum atomic E-state index is 13.7. The van der Waals surface area contributed by atoms with Gasteiger partial charge in [-0.3, -0.25) is 9.59 Å². The SMILES string of the molecule is O=C(NC1CC1)c1ccc(CN(Cc2ccco2)C(=O)C2CCCN(C(=O)N3CCCC3)C2)cc1. The fourth-order valence-corrected chi connectivity index (χ4v) is 5.00. The lowest BCUT2D eigenvalue weighted by molar-refractivity contribution is -0.138. The Balaban J connectivity index is 1.26. The van der Waals surface area contributed by atoms with Crippen LogP contribution in [0.25, 0.3) is 0 Å². The van der Waals surface area contributed by atoms with Gasteiger partial charge in [0.1, 0.15) is 5.76 Å². The normalized spacial score (nSPS) is 20.1. The van der Waals surface area contributed by atoms with Crippen LogP contribution in [0.2, 0.25) is 0 Å². The largest absolute Gasteiger partial charge is 0.467 e. The number of nitrogens with zero attached hydrogens (tertiary/aromatic N) is 3. The van der Waals surface area contributed by atoms with Crippen LogP contribution in [0.5, 0.6) is 0 Å². The highest BCUT2D eigenvalue weighted by Gasteiger charge is 2.34. The first-order valence-electron chi connectivity index (χ1n) is 12.8. The van der Waals surface area contributed by atoms with Crippen LogP contribution in [0.1, 0.15) is 60.2 Å². The molecule has 3 fully saturated rings. The van der Waals surface area contributed by atoms with Crippen molar-refractivity contribution in [1.29, 1.82) is 0 Å². The molecule has 1 aromatic heterocycles. The smallest absolute Gasteiger partial charge is 0.320 e. The number of rotatable bonds is 7. The Kier molecular flexibility index (Phi) is 7.06. The van der Waals surface area contributed by atoms with E-state index in [0.717, 1.165) is 62.9 Å². The minimum absolute atomic E-state index is 0.0378. The van der Waals surface area contributed by atoms with Gasteiger partial charge in [0, 0.05) is 44.3 Å². The molecule has 186 valence electrons. The maximum absolute atomic E-state index is 13.7. The van der Waals surface area contributed by atoms with Crippen molar-refractivity contribution in [2.24, 2.45) is 5.92 Å². The summed E-state index contributed by atoms with van der Waals surface area (Å²) in [5.41, 5.74) is 1.58. The predicted octanol–water partition coefficient (Wildman–Crippen LogP) is 3.63. The quantitative estimate of drug-likeness (QED) is 0.659. The maximum Gasteiger partial charge on any atom is 0.320 e. The summed E-state index contributed by atoms with van der Waals surface area (Å²) in [6.07, 6.45) is 7.43. The molecule has 0 bridgehead atoms. The first kappa shape index (κ1) is 23.5. The first-order valence-corrected chi connectivity index (χ1v) is 12.8. The van der Waals surface area contributed by atoms with E-state index < -0.39 is 0 Å². The van der Waals surface area contributed by atoms with E-state index in [1.54, 1.807) is 6.26 Å². The number of nitrogens with one attached hydrogen (secondary N) is 1. The van der Waals surface area contributed by atoms with E-state index in [0.29, 0.717) is 37.8 Å². The average Bonchev–Trinajstić information content (AvgIpc) is 3.31. The Morgan fingerprint density at radius 2 is 1.66 bits per heavy atom. The molecular weight excluding hydrogens is 444 g/mol. The third kappa shape index (κ3) is 5.86. The summed E-state index contributed by atoms with van der Waals surface area (Å²) in [6, 6.07) is 11.5. The van der Waals surface area contributed by atoms with Gasteiger partial charge in [0.15, 0.2) is 0 Å². The minimum Gasteiger partial charge on any atom is -0.467 e. The van der Waals surface area contributed by atoms with E-state index in [1.165, 1.54) is 0 Å². The second-order valence-corrected chi connectivity index (χ2v) is 9.98. The Bertz CT molecular complexity index is 1030. The molecule has 1 atom stereocenters. The molecule has 8 heteroatoms. The van der Waals surface area contributed by atoms with Crippen LogP contribution in [0, 0.1) is 5.92 Å². The van der Waals surface area contributed by atoms with Gasteiger partial charge in [-0.1, -0.05) is 12.1 Å². The number of carbonyl (C=O) groups is 3. The van der Waals surface area contributed by atoms with Crippen molar-refractivity contribution in [1.82, 2.24) is 20.0 Å². The summed E-state index contributed by atoms with van der Waals surface area (Å²) in [6.45, 7) is 3.58. The molecule has 0 radical (unpaired) electrons. The van der Waals surface area contributed by atoms with E-state index in [9.17, 15) is 14.4 Å². The molecule has 2 aliphatic heterocycles. The zero-order valence-electron chi connectivity index (χ0n) is 20.2. The Morgan fingerprint density at radius 1 is 0.914 bits per heavy atom. The lowest BCUT2D eigenvalue weighted by Crippen LogP contribution is -2.50. The highest BCUT2D eigenvalue weighted by Crippen LogP contribution is 2.24. The average molecular weight is 479 g/mol. The molecule has 2 saturated heterocycles. The highest BCUT2D eigenvalue weighted by molar-refractivity contribution is 5.94. The summed E-state index contributed by atoms with van der Waals surface area (Å²) < 4.78 is 5.54. The van der Waals surface area contributed by atoms with Crippen LogP contribution in [-0.4, -0.2) is 64.8 Å². The lowest BCUT2D eigenvalue weighted by Gasteiger charge is -2.36. The Morgan fingerprint density at radius 3 is 2.34 bits per heavy atom. The van der Waals surface area contributed by atoms with Crippen molar-refractivity contribution in [2.75, 3.05) is 26.2 Å². The van der Waals surface area contributed by atoms with Gasteiger partial charge in [-0.15, -0.1) is 0 Å². The summed E-state index contributed by atoms with van der Waals surface area (Å²) in [4.78, 5) is 44.5. The van der Waals surface area contributed by atoms with Gasteiger partial charge in [0.2, 0.25) is 5.91 Å². The molecule has 0 spiro atoms. The van der Waals surface area contributed by atoms with Crippen molar-refractivity contribution >= 4 is 17.8 Å². The van der Waals surface area contributed by atoms with Crippen LogP contribution in [0.15, 0.2) is 47.1 Å². The fraction of sp³-hybridized carbons (Fsp3) is 0.519. The van der Waals surface area contributed by atoms with E-state index in [1.807, 2.05) is 51.1 Å². The number of amides is 4. The van der Waals surface area contributed by atoms with Crippen molar-refractivity contribution in [2.45, 2.75) is 57.7 Å². The highest BCUT2D eigenvalue weighted by atomic mass is 16.3. The van der Waals surface area contributed by atoms with Crippen LogP contribution in [-0.2, 0) is 17.9 Å². The second kappa shape index (κ2) is 10.5. The van der Waals surface area contributed by atoms with Crippen molar-refractivity contribution in [3.8, 4) is 0 Å². The molecule has 2 aromatic rings. The van der Waals surface area contributed by atoms with Crippen LogP contribution in [0.3, 0.4) is 0 Å². The molecule has 4 amide bonds. The molecule has 35 heavy (non-hydrogen) atoms. The van der Waals surface area contributed by atoms with E-state index in [2.05, 4.69) is 5.32 Å². The zero-order valence-corrected chi connectivity index (χ0v) is 20.2. The summed E-state index contributed by atoms with van der Waals surface area (Å²) in [7, 11) is 0. The summed E-state index contributed by atoms with van der Waals surface area (Å²) >= 11 is 0. The number of likely N-dealkylation sites (tertiary alicyclic amines) is 2. The number of urea groups is 1. The topological polar surface area (TPSA) is 86.1 Å². The number of benzene rings is 1. The third-order valence-electron chi connectivity index (χ3n) is 7.16. The van der Waals surface area contributed by atoms with Crippen LogP contribution < -0.4 is 5.32 Å². The third-order valence-corrected chi connectivity index (χ3v) is 7.16. The van der Waals surface area contributed by atoms with Gasteiger partial charge in [0.25, 0.3) is 5.91 Å². The molecule has 1 N–H and O–H groups in total. The number of hydrogen-bond acceptors (Lipinski definition) is 4. The van der Waals surface area contributed by atoms with Gasteiger partial charge in [-0.25, -0.2) is 4.79 Å². The van der Waals surface area contributed by atoms with Gasteiger partial charge in [-0.2, -0.15) is 0 Å². The van der Waals surface area contributed by atoms with E-state index >= 15 is 0 Å². The van der Waals surface area contributed by atoms with Crippen LogP contribution in [0.4, 0.5) is 4.79 Å². The monoisotopic (exact) mass is 478 g/mol. The van der Waals surface area contributed by atoms with Crippen LogP contribution >= 0.6 is 0 Å². The van der Waals surface area contributed by atoms with Gasteiger partial charge in [-0.05, 0) is 68.4 Å². The van der Waals surface area contributed by atoms with Gasteiger partial charge < -0.3 is 24.4 Å². The first-order chi connectivity index (χ1) is 17.1. The molecule has 1 unspecified atom stereocenters. The molecule has 8 nitrogen and oxygen atoms in total. The zero-order chi connectivity index (χ0) is 24.2. The Hall–Kier alpha value is -3.29. The molecule has 5 rings (SSSR count). The number of furan rings is 1. The predicted molar refractivity (Wildman–Crippen MR) is 130 cm³/mol. The molecule has 3 aliphatic rings. The summed E-state index contributed by atoms with van der Waals surface area (Å²) in [5, 5.41) is 3.00. The molecule has 1 aromatic carbocycles. The molecule has 1 aliphatic carbocycles. The summed E-state index contributed by atoms with van der Waals surface area (Å²) in [5.74, 6) is 0.483. The van der Waals surface area contributed by atoms with Crippen molar-refractivity contribution in [3.63, 3.8) is 0 Å². The standard InChI is InChI=1S/C27H34N4O4/c32-25(28-23-11-12-23)21-9-7-20(8-10-21)17-31(19-24-6-4-16-35-24)26(33)22-5-3-15-30(18-22)27(34)29-13-1-2-14-29/h4,6-10,16,22-23H,1-3,5,11-15,17-19H2,(H,28,32). The molecular formula is C27H34N4O4. The van der Waals surface area contributed by atoms with E-state index in [-0.39, 0.29) is 23.8 Å². The lowest BCUT2D eigenvalue weighted by atomic mass is 9.96. The van der Waals surface area contributed by atoms with Crippen molar-refractivity contribution in [3.05, 3.63) is 59.5 Å². The fourth-order valence-electron chi connectivity index (χ4n) is 5.00. The Labute approximate surface area is 206 Å². The van der Waals surface area contributed by atoms with Gasteiger partial charge in [0.05, 0.1) is 18.7 Å². The van der Waals surface area contributed by atoms with Gasteiger partial charge >= 0.3 is 6.03 Å². The molecule has 1 saturated carbocycles.